The van der Waals surface area contributed by atoms with E-state index in [1.165, 1.54) is 0 Å². The summed E-state index contributed by atoms with van der Waals surface area (Å²) < 4.78 is 0. The maximum atomic E-state index is 11.5. The molecule has 0 aliphatic carbocycles. The van der Waals surface area contributed by atoms with Crippen LogP contribution in [0.4, 0.5) is 0 Å². The topological polar surface area (TPSA) is 40.5 Å². The van der Waals surface area contributed by atoms with E-state index in [1.807, 2.05) is 61.5 Å². The van der Waals surface area contributed by atoms with Crippen molar-refractivity contribution >= 4 is 17.1 Å². The molecule has 2 rings (SSSR count). The zero-order valence-corrected chi connectivity index (χ0v) is 12.0. The molecule has 1 N–H and O–H groups in total. The van der Waals surface area contributed by atoms with Gasteiger partial charge in [0.1, 0.15) is 5.60 Å². The van der Waals surface area contributed by atoms with Crippen molar-refractivity contribution in [1.29, 1.82) is 0 Å². The van der Waals surface area contributed by atoms with Gasteiger partial charge in [-0.05, 0) is 49.8 Å². The van der Waals surface area contributed by atoms with Crippen LogP contribution in [0.5, 0.6) is 0 Å². The van der Waals surface area contributed by atoms with E-state index >= 15 is 0 Å². The third-order valence-electron chi connectivity index (χ3n) is 3.61. The fourth-order valence-corrected chi connectivity index (χ4v) is 2.52. The Balaban J connectivity index is 2.35. The molecule has 0 fully saturated rings. The molecule has 20 heavy (non-hydrogen) atoms. The first kappa shape index (κ1) is 14.7. The van der Waals surface area contributed by atoms with Crippen LogP contribution in [0.1, 0.15) is 18.4 Å². The standard InChI is InChI=1S/C17H21NO2/c1-18(2)12-6-11-17(20,13-19)16-10-5-8-14-7-3-4-9-15(14)16/h3-5,7-10,13,20H,6,11-12H2,1-2H3. The van der Waals surface area contributed by atoms with Crippen molar-refractivity contribution in [2.45, 2.75) is 18.4 Å². The summed E-state index contributed by atoms with van der Waals surface area (Å²) >= 11 is 0. The van der Waals surface area contributed by atoms with Crippen LogP contribution in [-0.2, 0) is 10.4 Å². The van der Waals surface area contributed by atoms with Crippen LogP contribution in [0, 0.1) is 0 Å². The van der Waals surface area contributed by atoms with Crippen LogP contribution < -0.4 is 0 Å². The Hall–Kier alpha value is -1.71. The molecule has 106 valence electrons. The molecule has 0 spiro atoms. The van der Waals surface area contributed by atoms with Crippen molar-refractivity contribution in [3.63, 3.8) is 0 Å². The molecule has 0 bridgehead atoms. The lowest BCUT2D eigenvalue weighted by atomic mass is 9.87. The van der Waals surface area contributed by atoms with E-state index in [0.717, 1.165) is 23.7 Å². The molecule has 2 aromatic carbocycles. The highest BCUT2D eigenvalue weighted by atomic mass is 16.3. The highest BCUT2D eigenvalue weighted by molar-refractivity contribution is 5.89. The number of rotatable bonds is 6. The Bertz CT molecular complexity index is 589. The van der Waals surface area contributed by atoms with Crippen molar-refractivity contribution in [3.05, 3.63) is 48.0 Å². The molecule has 0 heterocycles. The molecular weight excluding hydrogens is 250 g/mol. The minimum atomic E-state index is -1.41. The number of hydrogen-bond donors (Lipinski definition) is 1. The highest BCUT2D eigenvalue weighted by Gasteiger charge is 2.29. The molecule has 3 nitrogen and oxygen atoms in total. The van der Waals surface area contributed by atoms with Crippen LogP contribution in [0.2, 0.25) is 0 Å². The molecule has 2 aromatic rings. The second kappa shape index (κ2) is 6.16. The van der Waals surface area contributed by atoms with Gasteiger partial charge in [0.15, 0.2) is 6.29 Å². The van der Waals surface area contributed by atoms with Gasteiger partial charge in [0, 0.05) is 0 Å². The van der Waals surface area contributed by atoms with E-state index in [1.54, 1.807) is 0 Å². The zero-order valence-electron chi connectivity index (χ0n) is 12.0. The van der Waals surface area contributed by atoms with Gasteiger partial charge in [-0.1, -0.05) is 42.5 Å². The van der Waals surface area contributed by atoms with E-state index in [-0.39, 0.29) is 0 Å². The lowest BCUT2D eigenvalue weighted by Crippen LogP contribution is -2.29. The van der Waals surface area contributed by atoms with E-state index in [0.29, 0.717) is 18.3 Å². The number of carbonyl (C=O) groups excluding carboxylic acids is 1. The average Bonchev–Trinajstić information content (AvgIpc) is 2.46. The average molecular weight is 271 g/mol. The Kier molecular flexibility index (Phi) is 4.53. The molecule has 1 unspecified atom stereocenters. The molecular formula is C17H21NO2. The quantitative estimate of drug-likeness (QED) is 0.821. The second-order valence-corrected chi connectivity index (χ2v) is 5.48. The number of benzene rings is 2. The predicted molar refractivity (Wildman–Crippen MR) is 81.7 cm³/mol. The third-order valence-corrected chi connectivity index (χ3v) is 3.61. The summed E-state index contributed by atoms with van der Waals surface area (Å²) in [5.74, 6) is 0. The molecule has 1 atom stereocenters. The number of hydrogen-bond acceptors (Lipinski definition) is 3. The van der Waals surface area contributed by atoms with Crippen LogP contribution >= 0.6 is 0 Å². The smallest absolute Gasteiger partial charge is 0.156 e. The Morgan fingerprint density at radius 1 is 1.15 bits per heavy atom. The molecule has 0 aromatic heterocycles. The Morgan fingerprint density at radius 2 is 1.85 bits per heavy atom. The largest absolute Gasteiger partial charge is 0.378 e. The Morgan fingerprint density at radius 3 is 2.55 bits per heavy atom. The molecule has 0 saturated carbocycles. The molecule has 0 radical (unpaired) electrons. The summed E-state index contributed by atoms with van der Waals surface area (Å²) in [7, 11) is 3.97. The first-order valence-corrected chi connectivity index (χ1v) is 6.88. The normalized spacial score (nSPS) is 14.4. The minimum absolute atomic E-state index is 0.433. The number of nitrogens with zero attached hydrogens (tertiary/aromatic N) is 1. The van der Waals surface area contributed by atoms with Gasteiger partial charge >= 0.3 is 0 Å². The van der Waals surface area contributed by atoms with Gasteiger partial charge in [0.25, 0.3) is 0 Å². The van der Waals surface area contributed by atoms with E-state index in [2.05, 4.69) is 0 Å². The summed E-state index contributed by atoms with van der Waals surface area (Å²) in [4.78, 5) is 13.5. The SMILES string of the molecule is CN(C)CCCC(O)(C=O)c1cccc2ccccc12. The fourth-order valence-electron chi connectivity index (χ4n) is 2.52. The lowest BCUT2D eigenvalue weighted by molar-refractivity contribution is -0.125. The van der Waals surface area contributed by atoms with Crippen molar-refractivity contribution in [2.75, 3.05) is 20.6 Å². The molecule has 3 heteroatoms. The summed E-state index contributed by atoms with van der Waals surface area (Å²) in [6.07, 6.45) is 1.87. The number of carbonyl (C=O) groups is 1. The van der Waals surface area contributed by atoms with Crippen molar-refractivity contribution in [1.82, 2.24) is 4.90 Å². The van der Waals surface area contributed by atoms with Crippen molar-refractivity contribution in [3.8, 4) is 0 Å². The maximum Gasteiger partial charge on any atom is 0.156 e. The van der Waals surface area contributed by atoms with Crippen LogP contribution in [0.25, 0.3) is 10.8 Å². The fraction of sp³-hybridized carbons (Fsp3) is 0.353. The first-order valence-electron chi connectivity index (χ1n) is 6.88. The molecule has 0 amide bonds. The zero-order chi connectivity index (χ0) is 14.6. The van der Waals surface area contributed by atoms with Gasteiger partial charge < -0.3 is 10.0 Å². The third kappa shape index (κ3) is 3.06. The van der Waals surface area contributed by atoms with E-state index in [4.69, 9.17) is 0 Å². The van der Waals surface area contributed by atoms with Gasteiger partial charge in [0.05, 0.1) is 0 Å². The molecule has 0 aliphatic heterocycles. The Labute approximate surface area is 119 Å². The van der Waals surface area contributed by atoms with E-state index < -0.39 is 5.60 Å². The summed E-state index contributed by atoms with van der Waals surface area (Å²) in [5, 5.41) is 12.7. The summed E-state index contributed by atoms with van der Waals surface area (Å²) in [6.45, 7) is 0.848. The number of aliphatic hydroxyl groups is 1. The summed E-state index contributed by atoms with van der Waals surface area (Å²) in [5.41, 5.74) is -0.707. The predicted octanol–water partition coefficient (Wildman–Crippen LogP) is 2.57. The van der Waals surface area contributed by atoms with Crippen LogP contribution in [0.15, 0.2) is 42.5 Å². The van der Waals surface area contributed by atoms with Crippen molar-refractivity contribution < 1.29 is 9.90 Å². The van der Waals surface area contributed by atoms with Crippen LogP contribution in [0.3, 0.4) is 0 Å². The van der Waals surface area contributed by atoms with Gasteiger partial charge in [0.2, 0.25) is 0 Å². The highest BCUT2D eigenvalue weighted by Crippen LogP contribution is 2.31. The maximum absolute atomic E-state index is 11.5. The minimum Gasteiger partial charge on any atom is -0.378 e. The molecule has 0 saturated heterocycles. The van der Waals surface area contributed by atoms with Crippen LogP contribution in [-0.4, -0.2) is 36.9 Å². The monoisotopic (exact) mass is 271 g/mol. The summed E-state index contributed by atoms with van der Waals surface area (Å²) in [6, 6.07) is 13.5. The first-order chi connectivity index (χ1) is 9.57. The van der Waals surface area contributed by atoms with E-state index in [9.17, 15) is 9.90 Å². The van der Waals surface area contributed by atoms with Crippen molar-refractivity contribution in [2.24, 2.45) is 0 Å². The van der Waals surface area contributed by atoms with Gasteiger partial charge in [-0.3, -0.25) is 4.79 Å². The van der Waals surface area contributed by atoms with Gasteiger partial charge in [-0.15, -0.1) is 0 Å². The van der Waals surface area contributed by atoms with Gasteiger partial charge in [-0.25, -0.2) is 0 Å². The number of aldehydes is 1. The van der Waals surface area contributed by atoms with Gasteiger partial charge in [-0.2, -0.15) is 0 Å². The number of fused-ring (bicyclic) bond motifs is 1. The lowest BCUT2D eigenvalue weighted by Gasteiger charge is -2.24. The second-order valence-electron chi connectivity index (χ2n) is 5.48. The molecule has 0 aliphatic rings.